The topological polar surface area (TPSA) is 27.0 Å². The van der Waals surface area contributed by atoms with Crippen molar-refractivity contribution in [3.8, 4) is 6.07 Å². The molecule has 0 N–H and O–H groups in total. The first-order valence-corrected chi connectivity index (χ1v) is 5.98. The molecule has 78 valence electrons. The summed E-state index contributed by atoms with van der Waals surface area (Å²) < 4.78 is 0. The molecule has 0 radical (unpaired) electrons. The number of fused-ring (bicyclic) bond motifs is 1. The molecular formula is C12H14N2S. The standard InChI is InChI=1S/C12H14N2S/c1-8-4-11-12(5-9(8)2)15-7-10(6-13)14(11)3/h4-5,10H,7H2,1-3H3. The van der Waals surface area contributed by atoms with Crippen LogP contribution in [0, 0.1) is 25.2 Å². The van der Waals surface area contributed by atoms with E-state index < -0.39 is 0 Å². The summed E-state index contributed by atoms with van der Waals surface area (Å²) in [6.45, 7) is 4.25. The van der Waals surface area contributed by atoms with E-state index in [-0.39, 0.29) is 6.04 Å². The van der Waals surface area contributed by atoms with Crippen LogP contribution < -0.4 is 4.90 Å². The molecule has 1 aromatic carbocycles. The van der Waals surface area contributed by atoms with Gasteiger partial charge in [0.1, 0.15) is 6.04 Å². The van der Waals surface area contributed by atoms with Gasteiger partial charge >= 0.3 is 0 Å². The summed E-state index contributed by atoms with van der Waals surface area (Å²) in [4.78, 5) is 3.38. The van der Waals surface area contributed by atoms with Crippen molar-refractivity contribution in [3.05, 3.63) is 23.3 Å². The Balaban J connectivity index is 2.48. The maximum atomic E-state index is 9.01. The third-order valence-corrected chi connectivity index (χ3v) is 4.09. The number of hydrogen-bond donors (Lipinski definition) is 0. The van der Waals surface area contributed by atoms with Crippen LogP contribution in [-0.2, 0) is 0 Å². The number of nitrogens with zero attached hydrogens (tertiary/aromatic N) is 2. The molecule has 1 heterocycles. The van der Waals surface area contributed by atoms with Crippen molar-refractivity contribution >= 4 is 17.4 Å². The predicted octanol–water partition coefficient (Wildman–Crippen LogP) is 2.74. The lowest BCUT2D eigenvalue weighted by Crippen LogP contribution is -2.35. The number of benzene rings is 1. The molecule has 3 heteroatoms. The van der Waals surface area contributed by atoms with Crippen molar-refractivity contribution < 1.29 is 0 Å². The van der Waals surface area contributed by atoms with Crippen molar-refractivity contribution in [3.63, 3.8) is 0 Å². The molecule has 0 saturated heterocycles. The highest BCUT2D eigenvalue weighted by Crippen LogP contribution is 2.38. The second-order valence-corrected chi connectivity index (χ2v) is 5.03. The van der Waals surface area contributed by atoms with Crippen LogP contribution >= 0.6 is 11.8 Å². The Kier molecular flexibility index (Phi) is 2.62. The molecule has 0 bridgehead atoms. The van der Waals surface area contributed by atoms with E-state index in [2.05, 4.69) is 36.9 Å². The van der Waals surface area contributed by atoms with E-state index >= 15 is 0 Å². The fourth-order valence-corrected chi connectivity index (χ4v) is 2.98. The summed E-state index contributed by atoms with van der Waals surface area (Å²) in [5, 5.41) is 9.01. The normalized spacial score (nSPS) is 19.6. The molecular weight excluding hydrogens is 204 g/mol. The van der Waals surface area contributed by atoms with E-state index in [0.29, 0.717) is 0 Å². The third-order valence-electron chi connectivity index (χ3n) is 2.97. The maximum absolute atomic E-state index is 9.01. The van der Waals surface area contributed by atoms with Crippen LogP contribution in [-0.4, -0.2) is 18.8 Å². The van der Waals surface area contributed by atoms with Gasteiger partial charge in [-0.05, 0) is 37.1 Å². The average Bonchev–Trinajstić information content (AvgIpc) is 2.22. The number of hydrogen-bond acceptors (Lipinski definition) is 3. The molecule has 1 aliphatic rings. The van der Waals surface area contributed by atoms with Crippen LogP contribution in [0.5, 0.6) is 0 Å². The molecule has 15 heavy (non-hydrogen) atoms. The zero-order chi connectivity index (χ0) is 11.0. The second-order valence-electron chi connectivity index (χ2n) is 3.97. The van der Waals surface area contributed by atoms with E-state index in [0.717, 1.165) is 5.75 Å². The molecule has 1 atom stereocenters. The number of rotatable bonds is 0. The first-order chi connectivity index (χ1) is 7.13. The van der Waals surface area contributed by atoms with Crippen molar-refractivity contribution in [2.75, 3.05) is 17.7 Å². The summed E-state index contributed by atoms with van der Waals surface area (Å²) in [5.41, 5.74) is 3.81. The van der Waals surface area contributed by atoms with Crippen molar-refractivity contribution in [1.82, 2.24) is 0 Å². The predicted molar refractivity (Wildman–Crippen MR) is 64.4 cm³/mol. The van der Waals surface area contributed by atoms with Crippen LogP contribution in [0.3, 0.4) is 0 Å². The highest BCUT2D eigenvalue weighted by Gasteiger charge is 2.23. The van der Waals surface area contributed by atoms with Crippen LogP contribution in [0.2, 0.25) is 0 Å². The van der Waals surface area contributed by atoms with Crippen LogP contribution in [0.1, 0.15) is 11.1 Å². The molecule has 0 aliphatic carbocycles. The molecule has 1 aromatic rings. The fourth-order valence-electron chi connectivity index (χ4n) is 1.74. The van der Waals surface area contributed by atoms with Gasteiger partial charge < -0.3 is 4.90 Å². The quantitative estimate of drug-likeness (QED) is 0.670. The summed E-state index contributed by atoms with van der Waals surface area (Å²) in [7, 11) is 2.00. The molecule has 2 nitrogen and oxygen atoms in total. The Labute approximate surface area is 94.9 Å². The smallest absolute Gasteiger partial charge is 0.126 e. The van der Waals surface area contributed by atoms with Gasteiger partial charge in [0.15, 0.2) is 0 Å². The Morgan fingerprint density at radius 2 is 2.07 bits per heavy atom. The summed E-state index contributed by atoms with van der Waals surface area (Å²) >= 11 is 1.78. The maximum Gasteiger partial charge on any atom is 0.126 e. The monoisotopic (exact) mass is 218 g/mol. The lowest BCUT2D eigenvalue weighted by molar-refractivity contribution is 0.821. The Hall–Kier alpha value is -1.14. The number of anilines is 1. The molecule has 0 spiro atoms. The molecule has 0 saturated carbocycles. The van der Waals surface area contributed by atoms with Crippen molar-refractivity contribution in [2.45, 2.75) is 24.8 Å². The van der Waals surface area contributed by atoms with Gasteiger partial charge in [0, 0.05) is 17.7 Å². The van der Waals surface area contributed by atoms with E-state index in [1.54, 1.807) is 11.8 Å². The van der Waals surface area contributed by atoms with Crippen molar-refractivity contribution in [2.24, 2.45) is 0 Å². The summed E-state index contributed by atoms with van der Waals surface area (Å²) in [6, 6.07) is 6.74. The highest BCUT2D eigenvalue weighted by molar-refractivity contribution is 7.99. The lowest BCUT2D eigenvalue weighted by atomic mass is 10.1. The first kappa shape index (κ1) is 10.4. The van der Waals surface area contributed by atoms with E-state index in [1.807, 2.05) is 7.05 Å². The number of aryl methyl sites for hydroxylation is 2. The van der Waals surface area contributed by atoms with Gasteiger partial charge in [0.25, 0.3) is 0 Å². The van der Waals surface area contributed by atoms with E-state index in [4.69, 9.17) is 5.26 Å². The van der Waals surface area contributed by atoms with Gasteiger partial charge in [0.05, 0.1) is 11.8 Å². The van der Waals surface area contributed by atoms with Gasteiger partial charge in [-0.3, -0.25) is 0 Å². The Morgan fingerprint density at radius 1 is 1.40 bits per heavy atom. The van der Waals surface area contributed by atoms with E-state index in [1.165, 1.54) is 21.7 Å². The van der Waals surface area contributed by atoms with Crippen molar-refractivity contribution in [1.29, 1.82) is 5.26 Å². The van der Waals surface area contributed by atoms with Gasteiger partial charge in [-0.15, -0.1) is 11.8 Å². The van der Waals surface area contributed by atoms with E-state index in [9.17, 15) is 0 Å². The molecule has 1 aliphatic heterocycles. The number of nitriles is 1. The first-order valence-electron chi connectivity index (χ1n) is 5.00. The SMILES string of the molecule is Cc1cc2c(cc1C)N(C)C(C#N)CS2. The zero-order valence-electron chi connectivity index (χ0n) is 9.24. The molecule has 2 rings (SSSR count). The van der Waals surface area contributed by atoms with Crippen LogP contribution in [0.4, 0.5) is 5.69 Å². The summed E-state index contributed by atoms with van der Waals surface area (Å²) in [5.74, 6) is 0.864. The zero-order valence-corrected chi connectivity index (χ0v) is 10.1. The van der Waals surface area contributed by atoms with Crippen LogP contribution in [0.25, 0.3) is 0 Å². The van der Waals surface area contributed by atoms with Gasteiger partial charge in [0.2, 0.25) is 0 Å². The second kappa shape index (κ2) is 3.79. The molecule has 0 aromatic heterocycles. The van der Waals surface area contributed by atoms with Crippen LogP contribution in [0.15, 0.2) is 17.0 Å². The van der Waals surface area contributed by atoms with Gasteiger partial charge in [-0.2, -0.15) is 5.26 Å². The largest absolute Gasteiger partial charge is 0.357 e. The average molecular weight is 218 g/mol. The number of thioether (sulfide) groups is 1. The Bertz CT molecular complexity index is 434. The summed E-state index contributed by atoms with van der Waals surface area (Å²) in [6.07, 6.45) is 0. The van der Waals surface area contributed by atoms with Gasteiger partial charge in [-0.25, -0.2) is 0 Å². The molecule has 0 fully saturated rings. The minimum Gasteiger partial charge on any atom is -0.357 e. The fraction of sp³-hybridized carbons (Fsp3) is 0.417. The minimum atomic E-state index is 0.00426. The van der Waals surface area contributed by atoms with Gasteiger partial charge in [-0.1, -0.05) is 0 Å². The highest BCUT2D eigenvalue weighted by atomic mass is 32.2. The third kappa shape index (κ3) is 1.70. The molecule has 0 amide bonds. The lowest BCUT2D eigenvalue weighted by Gasteiger charge is -2.32. The Morgan fingerprint density at radius 3 is 2.73 bits per heavy atom. The minimum absolute atomic E-state index is 0.00426. The molecule has 1 unspecified atom stereocenters.